The fourth-order valence-electron chi connectivity index (χ4n) is 3.68. The molecule has 30 heavy (non-hydrogen) atoms. The monoisotopic (exact) mass is 535 g/mol. The van der Waals surface area contributed by atoms with E-state index in [1.54, 1.807) is 6.20 Å². The van der Waals surface area contributed by atoms with Gasteiger partial charge in [0, 0.05) is 27.0 Å². The van der Waals surface area contributed by atoms with E-state index in [4.69, 9.17) is 4.74 Å². The second kappa shape index (κ2) is 9.84. The number of piperidine rings is 1. The lowest BCUT2D eigenvalue weighted by atomic mass is 9.89. The van der Waals surface area contributed by atoms with Crippen molar-refractivity contribution in [1.29, 1.82) is 0 Å². The van der Waals surface area contributed by atoms with E-state index in [1.165, 1.54) is 11.5 Å². The van der Waals surface area contributed by atoms with Crippen molar-refractivity contribution in [1.82, 2.24) is 9.27 Å². The minimum absolute atomic E-state index is 0.0743. The van der Waals surface area contributed by atoms with Gasteiger partial charge < -0.3 is 4.74 Å². The number of rotatable bonds is 6. The van der Waals surface area contributed by atoms with E-state index in [1.807, 2.05) is 42.5 Å². The first kappa shape index (κ1) is 21.2. The van der Waals surface area contributed by atoms with Crippen molar-refractivity contribution in [2.24, 2.45) is 5.92 Å². The Kier molecular flexibility index (Phi) is 6.96. The first-order valence-electron chi connectivity index (χ1n) is 9.89. The molecule has 0 spiro atoms. The average Bonchev–Trinajstić information content (AvgIpc) is 3.24. The molecular formula is C22H22IN3O3S. The number of nitrogens with zero attached hydrogens (tertiary/aromatic N) is 2. The van der Waals surface area contributed by atoms with Gasteiger partial charge in [0.05, 0.1) is 16.6 Å². The molecule has 4 rings (SSSR count). The van der Waals surface area contributed by atoms with Crippen molar-refractivity contribution in [2.75, 3.05) is 31.6 Å². The lowest BCUT2D eigenvalue weighted by molar-refractivity contribution is 0.0813. The number of fused-ring (bicyclic) bond motifs is 1. The lowest BCUT2D eigenvalue weighted by Gasteiger charge is -2.31. The summed E-state index contributed by atoms with van der Waals surface area (Å²) >= 11 is 3.64. The highest BCUT2D eigenvalue weighted by Crippen LogP contribution is 2.26. The Balaban J connectivity index is 1.19. The summed E-state index contributed by atoms with van der Waals surface area (Å²) in [5, 5.41) is 3.71. The molecule has 8 heteroatoms. The van der Waals surface area contributed by atoms with Crippen molar-refractivity contribution in [3.63, 3.8) is 0 Å². The maximum atomic E-state index is 12.7. The maximum Gasteiger partial charge on any atom is 0.411 e. The molecule has 0 aliphatic carbocycles. The van der Waals surface area contributed by atoms with E-state index in [9.17, 15) is 9.59 Å². The molecule has 1 aliphatic heterocycles. The molecule has 3 aromatic rings. The molecule has 1 N–H and O–H groups in total. The van der Waals surface area contributed by atoms with Crippen LogP contribution >= 0.6 is 34.1 Å². The summed E-state index contributed by atoms with van der Waals surface area (Å²) in [6.45, 7) is 2.67. The standard InChI is InChI=1S/C22H22IN3O3S/c23-17-6-4-15(5-7-17)21(27)16-8-10-26(11-9-16)12-13-29-22(28)25-19-2-1-3-20-18(19)14-24-30-20/h1-7,14,16H,8-13H2,(H,25,28). The Bertz CT molecular complexity index is 1030. The van der Waals surface area contributed by atoms with E-state index in [2.05, 4.69) is 37.2 Å². The summed E-state index contributed by atoms with van der Waals surface area (Å²) in [5.74, 6) is 0.309. The summed E-state index contributed by atoms with van der Waals surface area (Å²) in [7, 11) is 0. The number of benzene rings is 2. The number of aromatic nitrogens is 1. The molecule has 2 aromatic carbocycles. The molecule has 0 unspecified atom stereocenters. The van der Waals surface area contributed by atoms with Crippen LogP contribution in [-0.2, 0) is 4.74 Å². The Morgan fingerprint density at radius 1 is 1.17 bits per heavy atom. The maximum absolute atomic E-state index is 12.7. The second-order valence-electron chi connectivity index (χ2n) is 7.29. The van der Waals surface area contributed by atoms with Crippen molar-refractivity contribution >= 4 is 61.8 Å². The number of carbonyl (C=O) groups is 2. The predicted octanol–water partition coefficient (Wildman–Crippen LogP) is 5.04. The van der Waals surface area contributed by atoms with E-state index in [0.29, 0.717) is 18.8 Å². The topological polar surface area (TPSA) is 71.5 Å². The minimum atomic E-state index is -0.461. The first-order chi connectivity index (χ1) is 14.6. The van der Waals surface area contributed by atoms with E-state index >= 15 is 0 Å². The summed E-state index contributed by atoms with van der Waals surface area (Å²) in [5.41, 5.74) is 1.51. The van der Waals surface area contributed by atoms with Crippen molar-refractivity contribution < 1.29 is 14.3 Å². The van der Waals surface area contributed by atoms with Gasteiger partial charge in [-0.3, -0.25) is 15.0 Å². The molecule has 6 nitrogen and oxygen atoms in total. The largest absolute Gasteiger partial charge is 0.448 e. The van der Waals surface area contributed by atoms with Gasteiger partial charge in [-0.2, -0.15) is 4.37 Å². The number of amides is 1. The van der Waals surface area contributed by atoms with Gasteiger partial charge in [0.25, 0.3) is 0 Å². The number of anilines is 1. The number of ketones is 1. The van der Waals surface area contributed by atoms with Gasteiger partial charge in [0.2, 0.25) is 0 Å². The first-order valence-corrected chi connectivity index (χ1v) is 11.7. The Morgan fingerprint density at radius 2 is 1.93 bits per heavy atom. The molecule has 1 aliphatic rings. The number of hydrogen-bond donors (Lipinski definition) is 1. The minimum Gasteiger partial charge on any atom is -0.448 e. The molecule has 0 saturated carbocycles. The summed E-state index contributed by atoms with van der Waals surface area (Å²) in [6.07, 6.45) is 2.96. The van der Waals surface area contributed by atoms with Crippen LogP contribution in [0.2, 0.25) is 0 Å². The molecule has 1 saturated heterocycles. The highest BCUT2D eigenvalue weighted by atomic mass is 127. The number of ether oxygens (including phenoxy) is 1. The zero-order valence-corrected chi connectivity index (χ0v) is 19.3. The third-order valence-corrected chi connectivity index (χ3v) is 6.85. The fraction of sp³-hybridized carbons (Fsp3) is 0.318. The molecule has 2 heterocycles. The Hall–Kier alpha value is -2.04. The summed E-state index contributed by atoms with van der Waals surface area (Å²) in [4.78, 5) is 27.0. The van der Waals surface area contributed by atoms with Gasteiger partial charge in [-0.15, -0.1) is 0 Å². The SMILES string of the molecule is O=C(Nc1cccc2sncc12)OCCN1CCC(C(=O)c2ccc(I)cc2)CC1. The van der Waals surface area contributed by atoms with E-state index < -0.39 is 6.09 Å². The van der Waals surface area contributed by atoms with Gasteiger partial charge in [-0.05, 0) is 84.3 Å². The predicted molar refractivity (Wildman–Crippen MR) is 127 cm³/mol. The van der Waals surface area contributed by atoms with Gasteiger partial charge >= 0.3 is 6.09 Å². The van der Waals surface area contributed by atoms with Gasteiger partial charge in [0.1, 0.15) is 6.61 Å². The van der Waals surface area contributed by atoms with Gasteiger partial charge in [-0.25, -0.2) is 4.79 Å². The fourth-order valence-corrected chi connectivity index (χ4v) is 4.72. The molecular weight excluding hydrogens is 513 g/mol. The molecule has 1 amide bonds. The van der Waals surface area contributed by atoms with Crippen LogP contribution < -0.4 is 5.32 Å². The number of carbonyl (C=O) groups excluding carboxylic acids is 2. The second-order valence-corrected chi connectivity index (χ2v) is 9.37. The number of nitrogens with one attached hydrogen (secondary N) is 1. The average molecular weight is 535 g/mol. The number of Topliss-reactive ketones (excluding diaryl/α,β-unsaturated/α-hetero) is 1. The summed E-state index contributed by atoms with van der Waals surface area (Å²) in [6, 6.07) is 13.5. The quantitative estimate of drug-likeness (QED) is 0.354. The smallest absolute Gasteiger partial charge is 0.411 e. The Morgan fingerprint density at radius 3 is 2.70 bits per heavy atom. The van der Waals surface area contributed by atoms with Gasteiger partial charge in [-0.1, -0.05) is 18.2 Å². The lowest BCUT2D eigenvalue weighted by Crippen LogP contribution is -2.38. The van der Waals surface area contributed by atoms with Crippen LogP contribution in [0.15, 0.2) is 48.7 Å². The normalized spacial score (nSPS) is 15.2. The zero-order chi connectivity index (χ0) is 20.9. The molecule has 156 valence electrons. The highest BCUT2D eigenvalue weighted by Gasteiger charge is 2.25. The van der Waals surface area contributed by atoms with E-state index in [0.717, 1.165) is 45.2 Å². The van der Waals surface area contributed by atoms with Crippen LogP contribution in [0.4, 0.5) is 10.5 Å². The van der Waals surface area contributed by atoms with Crippen molar-refractivity contribution in [2.45, 2.75) is 12.8 Å². The number of halogens is 1. The van der Waals surface area contributed by atoms with Crippen molar-refractivity contribution in [3.8, 4) is 0 Å². The van der Waals surface area contributed by atoms with Crippen LogP contribution in [0.25, 0.3) is 10.1 Å². The molecule has 1 aromatic heterocycles. The van der Waals surface area contributed by atoms with Crippen LogP contribution in [0.5, 0.6) is 0 Å². The van der Waals surface area contributed by atoms with Crippen LogP contribution in [0.1, 0.15) is 23.2 Å². The van der Waals surface area contributed by atoms with Crippen LogP contribution in [0, 0.1) is 9.49 Å². The summed E-state index contributed by atoms with van der Waals surface area (Å²) < 4.78 is 11.7. The van der Waals surface area contributed by atoms with Crippen LogP contribution in [0.3, 0.4) is 0 Å². The number of hydrogen-bond acceptors (Lipinski definition) is 6. The number of likely N-dealkylation sites (tertiary alicyclic amines) is 1. The molecule has 1 fully saturated rings. The molecule has 0 radical (unpaired) electrons. The van der Waals surface area contributed by atoms with Crippen LogP contribution in [-0.4, -0.2) is 47.4 Å². The molecule has 0 bridgehead atoms. The zero-order valence-electron chi connectivity index (χ0n) is 16.3. The Labute approximate surface area is 192 Å². The van der Waals surface area contributed by atoms with E-state index in [-0.39, 0.29) is 11.7 Å². The van der Waals surface area contributed by atoms with Crippen molar-refractivity contribution in [3.05, 3.63) is 57.8 Å². The third kappa shape index (κ3) is 5.16. The van der Waals surface area contributed by atoms with Gasteiger partial charge in [0.15, 0.2) is 5.78 Å². The molecule has 0 atom stereocenters. The third-order valence-electron chi connectivity index (χ3n) is 5.36. The highest BCUT2D eigenvalue weighted by molar-refractivity contribution is 14.1.